The maximum atomic E-state index is 4.61. The first-order chi connectivity index (χ1) is 7.98. The molecule has 1 heterocycles. The zero-order valence-electron chi connectivity index (χ0n) is 10.9. The molecular formula is C15H18N2. The van der Waals surface area contributed by atoms with Crippen LogP contribution in [-0.4, -0.2) is 9.97 Å². The number of nitrogens with zero attached hydrogens (tertiary/aromatic N) is 2. The van der Waals surface area contributed by atoms with Crippen molar-refractivity contribution in [2.45, 2.75) is 33.1 Å². The van der Waals surface area contributed by atoms with Gasteiger partial charge in [-0.1, -0.05) is 51.1 Å². The number of aryl methyl sites for hydroxylation is 1. The number of hydrogen-bond acceptors (Lipinski definition) is 2. The van der Waals surface area contributed by atoms with E-state index in [0.717, 1.165) is 17.1 Å². The molecule has 0 amide bonds. The van der Waals surface area contributed by atoms with Gasteiger partial charge in [-0.05, 0) is 12.5 Å². The second kappa shape index (κ2) is 4.28. The lowest BCUT2D eigenvalue weighted by Gasteiger charge is -2.21. The molecule has 0 bridgehead atoms. The van der Waals surface area contributed by atoms with Crippen LogP contribution in [0.25, 0.3) is 11.1 Å². The van der Waals surface area contributed by atoms with Crippen LogP contribution in [0.2, 0.25) is 0 Å². The lowest BCUT2D eigenvalue weighted by atomic mass is 9.87. The van der Waals surface area contributed by atoms with Crippen LogP contribution in [-0.2, 0) is 5.41 Å². The molecule has 0 unspecified atom stereocenters. The van der Waals surface area contributed by atoms with Gasteiger partial charge in [0.1, 0.15) is 5.82 Å². The van der Waals surface area contributed by atoms with E-state index in [4.69, 9.17) is 0 Å². The number of aromatic nitrogens is 2. The minimum absolute atomic E-state index is 0.0267. The quantitative estimate of drug-likeness (QED) is 0.740. The minimum Gasteiger partial charge on any atom is -0.241 e. The number of rotatable bonds is 1. The van der Waals surface area contributed by atoms with E-state index in [1.165, 1.54) is 5.56 Å². The summed E-state index contributed by atoms with van der Waals surface area (Å²) in [5.41, 5.74) is 3.44. The Morgan fingerprint density at radius 2 is 1.65 bits per heavy atom. The van der Waals surface area contributed by atoms with E-state index in [1.54, 1.807) is 0 Å². The van der Waals surface area contributed by atoms with Crippen LogP contribution in [0.15, 0.2) is 36.5 Å². The Balaban J connectivity index is 2.63. The Bertz CT molecular complexity index is 510. The average molecular weight is 226 g/mol. The summed E-state index contributed by atoms with van der Waals surface area (Å²) in [6.07, 6.45) is 1.93. The van der Waals surface area contributed by atoms with Crippen molar-refractivity contribution in [3.63, 3.8) is 0 Å². The number of benzene rings is 1. The maximum absolute atomic E-state index is 4.61. The third-order valence-electron chi connectivity index (χ3n) is 2.70. The molecule has 0 aliphatic rings. The highest BCUT2D eigenvalue weighted by molar-refractivity contribution is 5.66. The molecule has 0 aliphatic carbocycles. The molecule has 0 N–H and O–H groups in total. The SMILES string of the molecule is Cc1ncc(-c2ccccc2)c(C(C)(C)C)n1. The maximum Gasteiger partial charge on any atom is 0.125 e. The molecule has 1 aromatic carbocycles. The summed E-state index contributed by atoms with van der Waals surface area (Å²) in [5.74, 6) is 0.828. The molecule has 2 heteroatoms. The average Bonchev–Trinajstić information content (AvgIpc) is 2.29. The molecule has 2 rings (SSSR count). The zero-order chi connectivity index (χ0) is 12.5. The minimum atomic E-state index is 0.0267. The van der Waals surface area contributed by atoms with Crippen LogP contribution in [0.1, 0.15) is 32.3 Å². The molecule has 0 atom stereocenters. The van der Waals surface area contributed by atoms with Gasteiger partial charge in [-0.3, -0.25) is 0 Å². The van der Waals surface area contributed by atoms with E-state index in [2.05, 4.69) is 42.9 Å². The van der Waals surface area contributed by atoms with Crippen molar-refractivity contribution in [2.24, 2.45) is 0 Å². The normalized spacial score (nSPS) is 11.5. The second-order valence-corrected chi connectivity index (χ2v) is 5.30. The summed E-state index contributed by atoms with van der Waals surface area (Å²) >= 11 is 0. The van der Waals surface area contributed by atoms with Gasteiger partial charge < -0.3 is 0 Å². The van der Waals surface area contributed by atoms with Gasteiger partial charge in [0.2, 0.25) is 0 Å². The first-order valence-corrected chi connectivity index (χ1v) is 5.88. The molecule has 2 aromatic rings. The van der Waals surface area contributed by atoms with E-state index in [1.807, 2.05) is 31.3 Å². The van der Waals surface area contributed by atoms with Crippen molar-refractivity contribution in [1.29, 1.82) is 0 Å². The van der Waals surface area contributed by atoms with Crippen molar-refractivity contribution in [2.75, 3.05) is 0 Å². The van der Waals surface area contributed by atoms with Gasteiger partial charge in [0.25, 0.3) is 0 Å². The predicted molar refractivity (Wildman–Crippen MR) is 70.9 cm³/mol. The molecule has 0 saturated carbocycles. The van der Waals surface area contributed by atoms with Gasteiger partial charge in [-0.2, -0.15) is 0 Å². The van der Waals surface area contributed by atoms with Crippen LogP contribution < -0.4 is 0 Å². The lowest BCUT2D eigenvalue weighted by Crippen LogP contribution is -2.16. The highest BCUT2D eigenvalue weighted by atomic mass is 14.9. The van der Waals surface area contributed by atoms with Crippen molar-refractivity contribution in [3.8, 4) is 11.1 Å². The van der Waals surface area contributed by atoms with E-state index in [-0.39, 0.29) is 5.41 Å². The summed E-state index contributed by atoms with van der Waals surface area (Å²) < 4.78 is 0. The molecule has 0 fully saturated rings. The van der Waals surface area contributed by atoms with Gasteiger partial charge in [0.15, 0.2) is 0 Å². The van der Waals surface area contributed by atoms with Crippen LogP contribution in [0.3, 0.4) is 0 Å². The molecule has 17 heavy (non-hydrogen) atoms. The molecule has 88 valence electrons. The Morgan fingerprint density at radius 3 is 2.24 bits per heavy atom. The topological polar surface area (TPSA) is 25.8 Å². The highest BCUT2D eigenvalue weighted by Crippen LogP contribution is 2.30. The molecule has 0 saturated heterocycles. The van der Waals surface area contributed by atoms with Gasteiger partial charge >= 0.3 is 0 Å². The fourth-order valence-electron chi connectivity index (χ4n) is 1.87. The summed E-state index contributed by atoms with van der Waals surface area (Å²) in [6, 6.07) is 10.3. The standard InChI is InChI=1S/C15H18N2/c1-11-16-10-13(12-8-6-5-7-9-12)14(17-11)15(2,3)4/h5-10H,1-4H3. The smallest absolute Gasteiger partial charge is 0.125 e. The van der Waals surface area contributed by atoms with E-state index < -0.39 is 0 Å². The Labute approximate surface area is 103 Å². The van der Waals surface area contributed by atoms with E-state index in [0.29, 0.717) is 0 Å². The second-order valence-electron chi connectivity index (χ2n) is 5.30. The predicted octanol–water partition coefficient (Wildman–Crippen LogP) is 3.75. The Morgan fingerprint density at radius 1 is 1.00 bits per heavy atom. The van der Waals surface area contributed by atoms with Crippen molar-refractivity contribution >= 4 is 0 Å². The lowest BCUT2D eigenvalue weighted by molar-refractivity contribution is 0.566. The highest BCUT2D eigenvalue weighted by Gasteiger charge is 2.21. The molecule has 0 aliphatic heterocycles. The summed E-state index contributed by atoms with van der Waals surface area (Å²) in [6.45, 7) is 8.48. The zero-order valence-corrected chi connectivity index (χ0v) is 10.9. The fraction of sp³-hybridized carbons (Fsp3) is 0.333. The van der Waals surface area contributed by atoms with Crippen LogP contribution in [0.5, 0.6) is 0 Å². The van der Waals surface area contributed by atoms with Gasteiger partial charge in [0, 0.05) is 17.2 Å². The van der Waals surface area contributed by atoms with E-state index in [9.17, 15) is 0 Å². The van der Waals surface area contributed by atoms with Crippen LogP contribution >= 0.6 is 0 Å². The Hall–Kier alpha value is -1.70. The largest absolute Gasteiger partial charge is 0.241 e. The monoisotopic (exact) mass is 226 g/mol. The molecule has 0 radical (unpaired) electrons. The van der Waals surface area contributed by atoms with Gasteiger partial charge in [0.05, 0.1) is 5.69 Å². The molecular weight excluding hydrogens is 208 g/mol. The fourth-order valence-corrected chi connectivity index (χ4v) is 1.87. The van der Waals surface area contributed by atoms with Crippen molar-refractivity contribution < 1.29 is 0 Å². The summed E-state index contributed by atoms with van der Waals surface area (Å²) in [7, 11) is 0. The molecule has 2 nitrogen and oxygen atoms in total. The van der Waals surface area contributed by atoms with Crippen molar-refractivity contribution in [1.82, 2.24) is 9.97 Å². The van der Waals surface area contributed by atoms with E-state index >= 15 is 0 Å². The summed E-state index contributed by atoms with van der Waals surface area (Å²) in [4.78, 5) is 8.93. The van der Waals surface area contributed by atoms with Crippen molar-refractivity contribution in [3.05, 3.63) is 48.0 Å². The molecule has 0 spiro atoms. The summed E-state index contributed by atoms with van der Waals surface area (Å²) in [5, 5.41) is 0. The van der Waals surface area contributed by atoms with Gasteiger partial charge in [-0.15, -0.1) is 0 Å². The van der Waals surface area contributed by atoms with Gasteiger partial charge in [-0.25, -0.2) is 9.97 Å². The first-order valence-electron chi connectivity index (χ1n) is 5.88. The number of hydrogen-bond donors (Lipinski definition) is 0. The first kappa shape index (κ1) is 11.8. The van der Waals surface area contributed by atoms with Crippen LogP contribution in [0, 0.1) is 6.92 Å². The molecule has 1 aromatic heterocycles. The third kappa shape index (κ3) is 2.52. The third-order valence-corrected chi connectivity index (χ3v) is 2.70. The van der Waals surface area contributed by atoms with Crippen LogP contribution in [0.4, 0.5) is 0 Å². The Kier molecular flexibility index (Phi) is 2.97.